The van der Waals surface area contributed by atoms with Crippen LogP contribution in [0.25, 0.3) is 0 Å². The van der Waals surface area contributed by atoms with Gasteiger partial charge in [0.15, 0.2) is 5.78 Å². The molecule has 0 heterocycles. The Morgan fingerprint density at radius 3 is 2.33 bits per heavy atom. The highest BCUT2D eigenvalue weighted by molar-refractivity contribution is 6.09. The molecule has 0 spiro atoms. The van der Waals surface area contributed by atoms with Gasteiger partial charge in [-0.25, -0.2) is 0 Å². The number of hydrogen-bond donors (Lipinski definition) is 0. The molecule has 0 bridgehead atoms. The first-order valence-electron chi connectivity index (χ1n) is 5.44. The van der Waals surface area contributed by atoms with Gasteiger partial charge < -0.3 is 0 Å². The summed E-state index contributed by atoms with van der Waals surface area (Å²) in [4.78, 5) is 22.5. The summed E-state index contributed by atoms with van der Waals surface area (Å²) in [5.74, 6) is -0.210. The highest BCUT2D eigenvalue weighted by Gasteiger charge is 2.15. The van der Waals surface area contributed by atoms with Crippen molar-refractivity contribution in [3.05, 3.63) is 75.3 Å². The van der Waals surface area contributed by atoms with Gasteiger partial charge in [-0.3, -0.25) is 14.9 Å². The molecule has 0 saturated carbocycles. The summed E-state index contributed by atoms with van der Waals surface area (Å²) >= 11 is 0. The van der Waals surface area contributed by atoms with Crippen molar-refractivity contribution in [3.8, 4) is 0 Å². The Morgan fingerprint density at radius 1 is 1.06 bits per heavy atom. The molecule has 0 amide bonds. The maximum atomic E-state index is 12.1. The van der Waals surface area contributed by atoms with Gasteiger partial charge >= 0.3 is 0 Å². The van der Waals surface area contributed by atoms with E-state index in [0.29, 0.717) is 16.7 Å². The summed E-state index contributed by atoms with van der Waals surface area (Å²) in [6.45, 7) is 1.65. The van der Waals surface area contributed by atoms with Crippen molar-refractivity contribution in [1.29, 1.82) is 0 Å². The Kier molecular flexibility index (Phi) is 3.19. The Bertz CT molecular complexity index is 606. The molecule has 0 aromatic heterocycles. The van der Waals surface area contributed by atoms with Crippen LogP contribution in [0.2, 0.25) is 0 Å². The van der Waals surface area contributed by atoms with E-state index >= 15 is 0 Å². The van der Waals surface area contributed by atoms with Crippen molar-refractivity contribution in [3.63, 3.8) is 0 Å². The van der Waals surface area contributed by atoms with Gasteiger partial charge in [0.05, 0.1) is 4.92 Å². The molecular weight excluding hydrogens is 230 g/mol. The van der Waals surface area contributed by atoms with Crippen molar-refractivity contribution in [2.45, 2.75) is 6.92 Å². The fraction of sp³-hybridized carbons (Fsp3) is 0.0714. The molecule has 0 unspecified atom stereocenters. The standard InChI is InChI=1S/C14H11NO3/c1-10-7-8-12(9-13(10)15(17)18)14(16)11-5-3-2-4-6-11/h2-9H,1H3. The Labute approximate surface area is 104 Å². The lowest BCUT2D eigenvalue weighted by atomic mass is 10.0. The molecule has 4 nitrogen and oxygen atoms in total. The molecule has 4 heteroatoms. The van der Waals surface area contributed by atoms with E-state index < -0.39 is 4.92 Å². The molecule has 0 aliphatic carbocycles. The van der Waals surface area contributed by atoms with Crippen molar-refractivity contribution >= 4 is 11.5 Å². The predicted octanol–water partition coefficient (Wildman–Crippen LogP) is 3.13. The number of carbonyl (C=O) groups excluding carboxylic acids is 1. The zero-order valence-corrected chi connectivity index (χ0v) is 9.79. The van der Waals surface area contributed by atoms with Crippen LogP contribution in [0.3, 0.4) is 0 Å². The smallest absolute Gasteiger partial charge is 0.273 e. The summed E-state index contributed by atoms with van der Waals surface area (Å²) in [7, 11) is 0. The maximum absolute atomic E-state index is 12.1. The van der Waals surface area contributed by atoms with E-state index in [4.69, 9.17) is 0 Å². The van der Waals surface area contributed by atoms with E-state index in [1.54, 1.807) is 43.3 Å². The first-order chi connectivity index (χ1) is 8.59. The number of carbonyl (C=O) groups is 1. The third-order valence-corrected chi connectivity index (χ3v) is 2.70. The van der Waals surface area contributed by atoms with Crippen molar-refractivity contribution in [2.24, 2.45) is 0 Å². The Morgan fingerprint density at radius 2 is 1.72 bits per heavy atom. The molecule has 0 radical (unpaired) electrons. The van der Waals surface area contributed by atoms with Crippen LogP contribution >= 0.6 is 0 Å². The fourth-order valence-electron chi connectivity index (χ4n) is 1.70. The number of nitro benzene ring substituents is 1. The largest absolute Gasteiger partial charge is 0.289 e. The Balaban J connectivity index is 2.44. The van der Waals surface area contributed by atoms with Crippen LogP contribution in [0, 0.1) is 17.0 Å². The molecule has 0 fully saturated rings. The van der Waals surface area contributed by atoms with Gasteiger partial charge in [-0.1, -0.05) is 42.5 Å². The van der Waals surface area contributed by atoms with Crippen molar-refractivity contribution in [1.82, 2.24) is 0 Å². The van der Waals surface area contributed by atoms with Crippen LogP contribution in [0.15, 0.2) is 48.5 Å². The molecule has 0 N–H and O–H groups in total. The van der Waals surface area contributed by atoms with Crippen LogP contribution in [0.1, 0.15) is 21.5 Å². The molecule has 0 aliphatic rings. The van der Waals surface area contributed by atoms with Crippen LogP contribution in [-0.2, 0) is 0 Å². The predicted molar refractivity (Wildman–Crippen MR) is 67.7 cm³/mol. The van der Waals surface area contributed by atoms with E-state index in [1.807, 2.05) is 6.07 Å². The van der Waals surface area contributed by atoms with E-state index in [-0.39, 0.29) is 11.5 Å². The zero-order chi connectivity index (χ0) is 13.1. The summed E-state index contributed by atoms with van der Waals surface area (Å²) in [5.41, 5.74) is 1.37. The van der Waals surface area contributed by atoms with Gasteiger partial charge in [0.1, 0.15) is 0 Å². The monoisotopic (exact) mass is 241 g/mol. The number of nitro groups is 1. The van der Waals surface area contributed by atoms with Crippen molar-refractivity contribution in [2.75, 3.05) is 0 Å². The van der Waals surface area contributed by atoms with E-state index in [9.17, 15) is 14.9 Å². The number of benzene rings is 2. The average Bonchev–Trinajstić information content (AvgIpc) is 2.39. The third-order valence-electron chi connectivity index (χ3n) is 2.70. The summed E-state index contributed by atoms with van der Waals surface area (Å²) in [6, 6.07) is 13.2. The number of aryl methyl sites for hydroxylation is 1. The second-order valence-electron chi connectivity index (χ2n) is 3.95. The van der Waals surface area contributed by atoms with Gasteiger partial charge in [-0.15, -0.1) is 0 Å². The number of hydrogen-bond acceptors (Lipinski definition) is 3. The van der Waals surface area contributed by atoms with Crippen molar-refractivity contribution < 1.29 is 9.72 Å². The molecule has 0 aliphatic heterocycles. The Hall–Kier alpha value is -2.49. The number of rotatable bonds is 3. The van der Waals surface area contributed by atoms with Crippen LogP contribution in [0.5, 0.6) is 0 Å². The fourth-order valence-corrected chi connectivity index (χ4v) is 1.70. The quantitative estimate of drug-likeness (QED) is 0.471. The minimum atomic E-state index is -0.475. The molecule has 0 saturated heterocycles. The van der Waals surface area contributed by atoms with E-state index in [0.717, 1.165) is 0 Å². The SMILES string of the molecule is Cc1ccc(C(=O)c2ccccc2)cc1[N+](=O)[O-]. The highest BCUT2D eigenvalue weighted by Crippen LogP contribution is 2.21. The third kappa shape index (κ3) is 2.27. The lowest BCUT2D eigenvalue weighted by Crippen LogP contribution is -2.02. The van der Waals surface area contributed by atoms with Gasteiger partial charge in [-0.05, 0) is 6.92 Å². The normalized spacial score (nSPS) is 10.1. The highest BCUT2D eigenvalue weighted by atomic mass is 16.6. The molecular formula is C14H11NO3. The topological polar surface area (TPSA) is 60.2 Å². The van der Waals surface area contributed by atoms with Crippen LogP contribution in [0.4, 0.5) is 5.69 Å². The van der Waals surface area contributed by atoms with Gasteiger partial charge in [0.2, 0.25) is 0 Å². The minimum Gasteiger partial charge on any atom is -0.289 e. The van der Waals surface area contributed by atoms with E-state index in [2.05, 4.69) is 0 Å². The number of ketones is 1. The summed E-state index contributed by atoms with van der Waals surface area (Å²) in [6.07, 6.45) is 0. The lowest BCUT2D eigenvalue weighted by molar-refractivity contribution is -0.385. The summed E-state index contributed by atoms with van der Waals surface area (Å²) < 4.78 is 0. The molecule has 18 heavy (non-hydrogen) atoms. The average molecular weight is 241 g/mol. The summed E-state index contributed by atoms with van der Waals surface area (Å²) in [5, 5.41) is 10.8. The lowest BCUT2D eigenvalue weighted by Gasteiger charge is -2.02. The molecule has 90 valence electrons. The van der Waals surface area contributed by atoms with Crippen LogP contribution < -0.4 is 0 Å². The first kappa shape index (κ1) is 12.0. The first-order valence-corrected chi connectivity index (χ1v) is 5.44. The molecule has 2 aromatic rings. The maximum Gasteiger partial charge on any atom is 0.273 e. The second-order valence-corrected chi connectivity index (χ2v) is 3.95. The van der Waals surface area contributed by atoms with Crippen LogP contribution in [-0.4, -0.2) is 10.7 Å². The second kappa shape index (κ2) is 4.79. The van der Waals surface area contributed by atoms with Gasteiger partial charge in [0.25, 0.3) is 5.69 Å². The molecule has 2 aromatic carbocycles. The number of nitrogens with zero attached hydrogens (tertiary/aromatic N) is 1. The molecule has 2 rings (SSSR count). The zero-order valence-electron chi connectivity index (χ0n) is 9.79. The minimum absolute atomic E-state index is 0.0308. The van der Waals surface area contributed by atoms with E-state index in [1.165, 1.54) is 6.07 Å². The van der Waals surface area contributed by atoms with Gasteiger partial charge in [-0.2, -0.15) is 0 Å². The van der Waals surface area contributed by atoms with Gasteiger partial charge in [0, 0.05) is 22.8 Å². The molecule has 0 atom stereocenters.